The molecule has 17 heteroatoms. The Balaban J connectivity index is 2.02. The maximum Gasteiger partial charge on any atom is 0.416 e. The molecule has 3 rings (SSSR count). The van der Waals surface area contributed by atoms with Crippen molar-refractivity contribution in [3.8, 4) is 5.69 Å². The minimum Gasteiger partial charge on any atom is -0.266 e. The topological polar surface area (TPSA) is 93.9 Å². The number of halogens is 9. The van der Waals surface area contributed by atoms with Crippen LogP contribution in [0.25, 0.3) is 5.69 Å². The number of nitrogens with zero attached hydrogens (tertiary/aromatic N) is 3. The number of amides is 1. The first-order valence-corrected chi connectivity index (χ1v) is 11.5. The van der Waals surface area contributed by atoms with Crippen molar-refractivity contribution in [1.29, 1.82) is 0 Å². The molecule has 1 amide bonds. The standard InChI is InChI=1S/C18H9Cl3F6N4O3S/c1-7-14(28-30-31(7)15-12(20)5-10(19)6-13(15)21)16(32)29-35(33,34)11-3-8(17(22,23)24)2-9(4-11)18(25,26)27/h2-6H,1H3,(H,29,32). The fourth-order valence-corrected chi connectivity index (χ4v) is 4.80. The number of alkyl halides is 6. The Morgan fingerprint density at radius 3 is 1.86 bits per heavy atom. The molecular formula is C18H9Cl3F6N4O3S. The van der Waals surface area contributed by atoms with Gasteiger partial charge in [0.05, 0.1) is 31.8 Å². The molecule has 0 radical (unpaired) electrons. The highest BCUT2D eigenvalue weighted by Gasteiger charge is 2.38. The van der Waals surface area contributed by atoms with Crippen LogP contribution in [0.15, 0.2) is 35.2 Å². The summed E-state index contributed by atoms with van der Waals surface area (Å²) in [5.41, 5.74) is -4.47. The van der Waals surface area contributed by atoms with Crippen LogP contribution in [0.2, 0.25) is 15.1 Å². The second-order valence-electron chi connectivity index (χ2n) is 6.83. The van der Waals surface area contributed by atoms with Crippen LogP contribution in [-0.2, 0) is 22.4 Å². The molecule has 0 aliphatic heterocycles. The number of nitrogens with one attached hydrogen (secondary N) is 1. The summed E-state index contributed by atoms with van der Waals surface area (Å²) in [5, 5.41) is 7.31. The summed E-state index contributed by atoms with van der Waals surface area (Å²) in [7, 11) is -5.21. The summed E-state index contributed by atoms with van der Waals surface area (Å²) in [5.74, 6) is -1.49. The molecule has 2 aromatic carbocycles. The Bertz CT molecular complexity index is 1380. The van der Waals surface area contributed by atoms with Gasteiger partial charge in [-0.15, -0.1) is 5.10 Å². The molecule has 1 aromatic heterocycles. The lowest BCUT2D eigenvalue weighted by molar-refractivity contribution is -0.143. The third-order valence-corrected chi connectivity index (χ3v) is 6.51. The lowest BCUT2D eigenvalue weighted by Gasteiger charge is -2.14. The van der Waals surface area contributed by atoms with Crippen molar-refractivity contribution < 1.29 is 39.6 Å². The van der Waals surface area contributed by atoms with Gasteiger partial charge in [0, 0.05) is 5.02 Å². The number of benzene rings is 2. The zero-order chi connectivity index (χ0) is 26.5. The van der Waals surface area contributed by atoms with E-state index in [1.54, 1.807) is 0 Å². The van der Waals surface area contributed by atoms with E-state index in [1.165, 1.54) is 23.8 Å². The minimum atomic E-state index is -5.30. The van der Waals surface area contributed by atoms with E-state index in [9.17, 15) is 39.6 Å². The first-order chi connectivity index (χ1) is 15.9. The molecule has 1 heterocycles. The van der Waals surface area contributed by atoms with E-state index in [-0.39, 0.29) is 44.6 Å². The van der Waals surface area contributed by atoms with Crippen LogP contribution in [0, 0.1) is 6.92 Å². The van der Waals surface area contributed by atoms with Gasteiger partial charge in [-0.05, 0) is 37.3 Å². The Hall–Kier alpha value is -2.55. The van der Waals surface area contributed by atoms with Crippen LogP contribution in [0.4, 0.5) is 26.3 Å². The van der Waals surface area contributed by atoms with Gasteiger partial charge in [-0.25, -0.2) is 17.8 Å². The summed E-state index contributed by atoms with van der Waals surface area (Å²) in [4.78, 5) is 11.1. The first kappa shape index (κ1) is 27.0. The van der Waals surface area contributed by atoms with Crippen molar-refractivity contribution in [2.45, 2.75) is 24.2 Å². The Morgan fingerprint density at radius 2 is 1.40 bits per heavy atom. The average Bonchev–Trinajstić information content (AvgIpc) is 3.06. The van der Waals surface area contributed by atoms with E-state index >= 15 is 0 Å². The van der Waals surface area contributed by atoms with Gasteiger partial charge in [-0.2, -0.15) is 26.3 Å². The van der Waals surface area contributed by atoms with Crippen molar-refractivity contribution >= 4 is 50.7 Å². The molecular weight excluding hydrogens is 573 g/mol. The van der Waals surface area contributed by atoms with Gasteiger partial charge in [0.1, 0.15) is 5.69 Å². The number of carbonyl (C=O) groups excluding carboxylic acids is 1. The molecule has 3 aromatic rings. The van der Waals surface area contributed by atoms with Gasteiger partial charge >= 0.3 is 12.4 Å². The van der Waals surface area contributed by atoms with Gasteiger partial charge in [-0.1, -0.05) is 40.0 Å². The maximum atomic E-state index is 13.1. The van der Waals surface area contributed by atoms with Gasteiger partial charge < -0.3 is 0 Å². The van der Waals surface area contributed by atoms with Crippen molar-refractivity contribution in [2.24, 2.45) is 0 Å². The fraction of sp³-hybridized carbons (Fsp3) is 0.167. The molecule has 0 fully saturated rings. The molecule has 7 nitrogen and oxygen atoms in total. The summed E-state index contributed by atoms with van der Waals surface area (Å²) in [6.45, 7) is 1.26. The SMILES string of the molecule is Cc1c(C(=O)NS(=O)(=O)c2cc(C(F)(F)F)cc(C(F)(F)F)c2)nnn1-c1c(Cl)cc(Cl)cc1Cl. The van der Waals surface area contributed by atoms with E-state index in [0.717, 1.165) is 4.68 Å². The fourth-order valence-electron chi connectivity index (χ4n) is 2.80. The second-order valence-corrected chi connectivity index (χ2v) is 9.76. The van der Waals surface area contributed by atoms with Gasteiger partial charge in [-0.3, -0.25) is 4.79 Å². The molecule has 0 atom stereocenters. The highest BCUT2D eigenvalue weighted by molar-refractivity contribution is 7.90. The lowest BCUT2D eigenvalue weighted by atomic mass is 10.1. The summed E-state index contributed by atoms with van der Waals surface area (Å²) < 4.78 is 106. The lowest BCUT2D eigenvalue weighted by Crippen LogP contribution is -2.32. The molecule has 188 valence electrons. The zero-order valence-corrected chi connectivity index (χ0v) is 19.8. The summed E-state index contributed by atoms with van der Waals surface area (Å²) in [6.07, 6.45) is -10.6. The molecule has 0 saturated heterocycles. The normalized spacial score (nSPS) is 12.6. The maximum absolute atomic E-state index is 13.1. The predicted octanol–water partition coefficient (Wildman–Crippen LogP) is 5.69. The first-order valence-electron chi connectivity index (χ1n) is 8.85. The van der Waals surface area contributed by atoms with Crippen LogP contribution in [0.5, 0.6) is 0 Å². The van der Waals surface area contributed by atoms with Crippen LogP contribution < -0.4 is 4.72 Å². The van der Waals surface area contributed by atoms with Crippen LogP contribution in [0.3, 0.4) is 0 Å². The molecule has 0 unspecified atom stereocenters. The quantitative estimate of drug-likeness (QED) is 0.400. The van der Waals surface area contributed by atoms with E-state index < -0.39 is 50.0 Å². The predicted molar refractivity (Wildman–Crippen MR) is 112 cm³/mol. The van der Waals surface area contributed by atoms with Crippen LogP contribution in [-0.4, -0.2) is 29.3 Å². The molecule has 0 aliphatic rings. The molecule has 0 spiro atoms. The van der Waals surface area contributed by atoms with Crippen molar-refractivity contribution in [1.82, 2.24) is 19.7 Å². The molecule has 0 aliphatic carbocycles. The summed E-state index contributed by atoms with van der Waals surface area (Å²) >= 11 is 18.0. The monoisotopic (exact) mass is 580 g/mol. The Labute approximate surface area is 207 Å². The number of carbonyl (C=O) groups is 1. The van der Waals surface area contributed by atoms with Crippen LogP contribution in [0.1, 0.15) is 27.3 Å². The van der Waals surface area contributed by atoms with Crippen molar-refractivity contribution in [3.05, 3.63) is 67.9 Å². The molecule has 1 N–H and O–H groups in total. The Morgan fingerprint density at radius 1 is 0.914 bits per heavy atom. The third-order valence-electron chi connectivity index (χ3n) is 4.40. The van der Waals surface area contributed by atoms with E-state index in [0.29, 0.717) is 0 Å². The number of sulfonamides is 1. The molecule has 0 bridgehead atoms. The van der Waals surface area contributed by atoms with Crippen molar-refractivity contribution in [3.63, 3.8) is 0 Å². The van der Waals surface area contributed by atoms with E-state index in [2.05, 4.69) is 10.3 Å². The van der Waals surface area contributed by atoms with E-state index in [4.69, 9.17) is 34.8 Å². The smallest absolute Gasteiger partial charge is 0.266 e. The Kier molecular flexibility index (Phi) is 7.07. The number of hydrogen-bond donors (Lipinski definition) is 1. The highest BCUT2D eigenvalue weighted by atomic mass is 35.5. The molecule has 0 saturated carbocycles. The number of rotatable bonds is 4. The third kappa shape index (κ3) is 5.66. The zero-order valence-electron chi connectivity index (χ0n) is 16.8. The minimum absolute atomic E-state index is 0.0151. The highest BCUT2D eigenvalue weighted by Crippen LogP contribution is 2.37. The average molecular weight is 582 g/mol. The van der Waals surface area contributed by atoms with Crippen molar-refractivity contribution in [2.75, 3.05) is 0 Å². The molecule has 35 heavy (non-hydrogen) atoms. The largest absolute Gasteiger partial charge is 0.416 e. The van der Waals surface area contributed by atoms with Gasteiger partial charge in [0.2, 0.25) is 0 Å². The van der Waals surface area contributed by atoms with E-state index in [1.807, 2.05) is 0 Å². The number of hydrogen-bond acceptors (Lipinski definition) is 5. The second kappa shape index (κ2) is 9.15. The summed E-state index contributed by atoms with van der Waals surface area (Å²) in [6, 6.07) is 2.25. The van der Waals surface area contributed by atoms with Crippen LogP contribution >= 0.6 is 34.8 Å². The number of aromatic nitrogens is 3. The van der Waals surface area contributed by atoms with Gasteiger partial charge in [0.15, 0.2) is 5.69 Å². The van der Waals surface area contributed by atoms with Gasteiger partial charge in [0.25, 0.3) is 15.9 Å².